The van der Waals surface area contributed by atoms with Gasteiger partial charge in [0.25, 0.3) is 0 Å². The number of carbonyl (C=O) groups excluding carboxylic acids is 1. The molecule has 0 aliphatic heterocycles. The fourth-order valence-corrected chi connectivity index (χ4v) is 1.74. The second-order valence-corrected chi connectivity index (χ2v) is 4.39. The van der Waals surface area contributed by atoms with E-state index in [1.807, 2.05) is 30.3 Å². The number of benzene rings is 1. The first-order valence-electron chi connectivity index (χ1n) is 4.74. The maximum Gasteiger partial charge on any atom is 0.186 e. The van der Waals surface area contributed by atoms with Crippen molar-refractivity contribution in [3.63, 3.8) is 0 Å². The molecule has 0 atom stereocenters. The lowest BCUT2D eigenvalue weighted by atomic mass is 10.1. The van der Waals surface area contributed by atoms with Gasteiger partial charge in [0, 0.05) is 10.0 Å². The minimum atomic E-state index is 0.0874. The van der Waals surface area contributed by atoms with Gasteiger partial charge in [-0.25, -0.2) is 0 Å². The normalized spacial score (nSPS) is 16.1. The number of rotatable bonds is 3. The zero-order valence-electron chi connectivity index (χ0n) is 7.74. The summed E-state index contributed by atoms with van der Waals surface area (Å²) in [6.07, 6.45) is 6.18. The molecule has 72 valence electrons. The summed E-state index contributed by atoms with van der Waals surface area (Å²) in [6.45, 7) is 0. The molecule has 0 amide bonds. The SMILES string of the molecule is O=C(C=CC1CC1)c1ccccc1Br. The molecule has 1 aromatic carbocycles. The van der Waals surface area contributed by atoms with Crippen LogP contribution in [0, 0.1) is 5.92 Å². The lowest BCUT2D eigenvalue weighted by molar-refractivity contribution is 0.104. The third-order valence-corrected chi connectivity index (χ3v) is 2.97. The van der Waals surface area contributed by atoms with Gasteiger partial charge in [0.05, 0.1) is 0 Å². The Hall–Kier alpha value is -0.890. The van der Waals surface area contributed by atoms with Crippen LogP contribution in [0.1, 0.15) is 23.2 Å². The van der Waals surface area contributed by atoms with Gasteiger partial charge in [-0.15, -0.1) is 0 Å². The molecule has 14 heavy (non-hydrogen) atoms. The van der Waals surface area contributed by atoms with Gasteiger partial charge in [-0.05, 0) is 37.0 Å². The van der Waals surface area contributed by atoms with Crippen LogP contribution in [0.5, 0.6) is 0 Å². The van der Waals surface area contributed by atoms with Crippen LogP contribution in [-0.2, 0) is 0 Å². The molecule has 0 radical (unpaired) electrons. The average Bonchev–Trinajstić information content (AvgIpc) is 2.98. The first kappa shape index (κ1) is 9.66. The Bertz CT molecular complexity index is 378. The standard InChI is InChI=1S/C12H11BrO/c13-11-4-2-1-3-10(11)12(14)8-7-9-5-6-9/h1-4,7-9H,5-6H2. The van der Waals surface area contributed by atoms with Crippen molar-refractivity contribution in [3.8, 4) is 0 Å². The van der Waals surface area contributed by atoms with Crippen molar-refractivity contribution in [2.45, 2.75) is 12.8 Å². The molecule has 0 saturated heterocycles. The summed E-state index contributed by atoms with van der Waals surface area (Å²) in [5, 5.41) is 0. The largest absolute Gasteiger partial charge is 0.289 e. The minimum absolute atomic E-state index is 0.0874. The van der Waals surface area contributed by atoms with Crippen molar-refractivity contribution < 1.29 is 4.79 Å². The Labute approximate surface area is 92.0 Å². The van der Waals surface area contributed by atoms with E-state index in [9.17, 15) is 4.79 Å². The molecule has 0 unspecified atom stereocenters. The maximum absolute atomic E-state index is 11.7. The lowest BCUT2D eigenvalue weighted by Gasteiger charge is -1.98. The molecule has 1 aromatic rings. The van der Waals surface area contributed by atoms with E-state index in [4.69, 9.17) is 0 Å². The molecule has 0 heterocycles. The summed E-state index contributed by atoms with van der Waals surface area (Å²) in [5.74, 6) is 0.741. The molecule has 1 fully saturated rings. The minimum Gasteiger partial charge on any atom is -0.289 e. The number of hydrogen-bond acceptors (Lipinski definition) is 1. The molecule has 0 aromatic heterocycles. The number of ketones is 1. The number of halogens is 1. The van der Waals surface area contributed by atoms with Gasteiger partial charge in [-0.2, -0.15) is 0 Å². The Balaban J connectivity index is 2.13. The van der Waals surface area contributed by atoms with Gasteiger partial charge >= 0.3 is 0 Å². The molecule has 2 heteroatoms. The predicted molar refractivity (Wildman–Crippen MR) is 60.3 cm³/mol. The monoisotopic (exact) mass is 250 g/mol. The van der Waals surface area contributed by atoms with Crippen molar-refractivity contribution >= 4 is 21.7 Å². The number of hydrogen-bond donors (Lipinski definition) is 0. The molecular formula is C12H11BrO. The van der Waals surface area contributed by atoms with E-state index < -0.39 is 0 Å². The first-order chi connectivity index (χ1) is 6.77. The quantitative estimate of drug-likeness (QED) is 0.592. The zero-order chi connectivity index (χ0) is 9.97. The van der Waals surface area contributed by atoms with Crippen LogP contribution in [0.4, 0.5) is 0 Å². The maximum atomic E-state index is 11.7. The van der Waals surface area contributed by atoms with Crippen LogP contribution in [0.25, 0.3) is 0 Å². The van der Waals surface area contributed by atoms with E-state index in [1.54, 1.807) is 6.08 Å². The molecule has 0 bridgehead atoms. The van der Waals surface area contributed by atoms with Crippen molar-refractivity contribution in [2.24, 2.45) is 5.92 Å². The third kappa shape index (κ3) is 2.32. The third-order valence-electron chi connectivity index (χ3n) is 2.28. The zero-order valence-corrected chi connectivity index (χ0v) is 9.33. The van der Waals surface area contributed by atoms with E-state index >= 15 is 0 Å². The van der Waals surface area contributed by atoms with Gasteiger partial charge < -0.3 is 0 Å². The highest BCUT2D eigenvalue weighted by Gasteiger charge is 2.18. The second kappa shape index (κ2) is 4.09. The topological polar surface area (TPSA) is 17.1 Å². The Morgan fingerprint density at radius 2 is 2.07 bits per heavy atom. The Morgan fingerprint density at radius 3 is 2.71 bits per heavy atom. The smallest absolute Gasteiger partial charge is 0.186 e. The molecular weight excluding hydrogens is 240 g/mol. The highest BCUT2D eigenvalue weighted by Crippen LogP contribution is 2.30. The molecule has 1 nitrogen and oxygen atoms in total. The van der Waals surface area contributed by atoms with Gasteiger partial charge in [-0.3, -0.25) is 4.79 Å². The van der Waals surface area contributed by atoms with Crippen molar-refractivity contribution in [3.05, 3.63) is 46.5 Å². The van der Waals surface area contributed by atoms with Crippen LogP contribution in [0.3, 0.4) is 0 Å². The number of allylic oxidation sites excluding steroid dienone is 2. The Kier molecular flexibility index (Phi) is 2.82. The first-order valence-corrected chi connectivity index (χ1v) is 5.54. The number of carbonyl (C=O) groups is 1. The van der Waals surface area contributed by atoms with Gasteiger partial charge in [0.2, 0.25) is 0 Å². The fraction of sp³-hybridized carbons (Fsp3) is 0.250. The van der Waals surface area contributed by atoms with E-state index in [0.29, 0.717) is 5.92 Å². The van der Waals surface area contributed by atoms with Gasteiger partial charge in [0.15, 0.2) is 5.78 Å². The highest BCUT2D eigenvalue weighted by atomic mass is 79.9. The van der Waals surface area contributed by atoms with E-state index in [0.717, 1.165) is 10.0 Å². The summed E-state index contributed by atoms with van der Waals surface area (Å²) in [6, 6.07) is 7.51. The van der Waals surface area contributed by atoms with Crippen LogP contribution in [-0.4, -0.2) is 5.78 Å². The molecule has 2 rings (SSSR count). The Morgan fingerprint density at radius 1 is 1.36 bits per heavy atom. The van der Waals surface area contributed by atoms with Crippen LogP contribution in [0.2, 0.25) is 0 Å². The molecule has 0 spiro atoms. The van der Waals surface area contributed by atoms with E-state index in [1.165, 1.54) is 12.8 Å². The lowest BCUT2D eigenvalue weighted by Crippen LogP contribution is -1.95. The van der Waals surface area contributed by atoms with E-state index in [2.05, 4.69) is 15.9 Å². The van der Waals surface area contributed by atoms with Gasteiger partial charge in [0.1, 0.15) is 0 Å². The second-order valence-electron chi connectivity index (χ2n) is 3.54. The molecule has 0 N–H and O–H groups in total. The van der Waals surface area contributed by atoms with Gasteiger partial charge in [-0.1, -0.05) is 34.1 Å². The highest BCUT2D eigenvalue weighted by molar-refractivity contribution is 9.10. The van der Waals surface area contributed by atoms with Crippen molar-refractivity contribution in [1.82, 2.24) is 0 Å². The predicted octanol–water partition coefficient (Wildman–Crippen LogP) is 3.60. The van der Waals surface area contributed by atoms with Crippen LogP contribution in [0.15, 0.2) is 40.9 Å². The average molecular weight is 251 g/mol. The summed E-state index contributed by atoms with van der Waals surface area (Å²) in [5.41, 5.74) is 0.740. The summed E-state index contributed by atoms with van der Waals surface area (Å²) in [7, 11) is 0. The molecule has 1 aliphatic carbocycles. The van der Waals surface area contributed by atoms with Crippen LogP contribution >= 0.6 is 15.9 Å². The van der Waals surface area contributed by atoms with Crippen molar-refractivity contribution in [2.75, 3.05) is 0 Å². The van der Waals surface area contributed by atoms with E-state index in [-0.39, 0.29) is 5.78 Å². The summed E-state index contributed by atoms with van der Waals surface area (Å²) < 4.78 is 0.866. The summed E-state index contributed by atoms with van der Waals surface area (Å²) >= 11 is 3.36. The van der Waals surface area contributed by atoms with Crippen molar-refractivity contribution in [1.29, 1.82) is 0 Å². The molecule has 1 aliphatic rings. The summed E-state index contributed by atoms with van der Waals surface area (Å²) in [4.78, 5) is 11.7. The fourth-order valence-electron chi connectivity index (χ4n) is 1.26. The van der Waals surface area contributed by atoms with Crippen LogP contribution < -0.4 is 0 Å². The molecule has 1 saturated carbocycles.